The summed E-state index contributed by atoms with van der Waals surface area (Å²) in [6, 6.07) is 0.446. The Morgan fingerprint density at radius 3 is 2.60 bits per heavy atom. The summed E-state index contributed by atoms with van der Waals surface area (Å²) in [6.45, 7) is 14.9. The van der Waals surface area contributed by atoms with Gasteiger partial charge in [-0.15, -0.1) is 11.6 Å². The van der Waals surface area contributed by atoms with Gasteiger partial charge in [0.05, 0.1) is 30.0 Å². The van der Waals surface area contributed by atoms with Gasteiger partial charge < -0.3 is 29.7 Å². The lowest BCUT2D eigenvalue weighted by molar-refractivity contribution is -0.240. The maximum Gasteiger partial charge on any atom is 0.183 e. The summed E-state index contributed by atoms with van der Waals surface area (Å²) in [5.41, 5.74) is -1.38. The first-order chi connectivity index (χ1) is 20.0. The number of halogens is 1. The van der Waals surface area contributed by atoms with Crippen LogP contribution >= 0.6 is 11.6 Å². The molecule has 8 heteroatoms. The fourth-order valence-corrected chi connectivity index (χ4v) is 10.9. The number of fused-ring (bicyclic) bond motifs is 2. The number of nitrogens with one attached hydrogen (secondary N) is 1. The molecular weight excluding hydrogens is 552 g/mol. The molecule has 7 nitrogen and oxygen atoms in total. The van der Waals surface area contributed by atoms with Gasteiger partial charge >= 0.3 is 0 Å². The third-order valence-corrected chi connectivity index (χ3v) is 13.5. The molecule has 1 spiro atoms. The van der Waals surface area contributed by atoms with E-state index in [1.807, 2.05) is 20.8 Å². The van der Waals surface area contributed by atoms with Crippen molar-refractivity contribution >= 4 is 11.6 Å². The lowest BCUT2D eigenvalue weighted by atomic mass is 9.67. The molecule has 3 heterocycles. The minimum absolute atomic E-state index is 0.0232. The zero-order chi connectivity index (χ0) is 29.9. The Balaban J connectivity index is 1.11. The lowest BCUT2D eigenvalue weighted by Gasteiger charge is -2.44. The molecule has 10 atom stereocenters. The number of aliphatic hydroxyl groups excluding tert-OH is 1. The van der Waals surface area contributed by atoms with Gasteiger partial charge in [0.1, 0.15) is 5.60 Å². The molecule has 3 saturated carbocycles. The average Bonchev–Trinajstić information content (AvgIpc) is 3.80. The quantitative estimate of drug-likeness (QED) is 0.181. The number of piperidine rings is 1. The summed E-state index contributed by atoms with van der Waals surface area (Å²) in [7, 11) is 0. The van der Waals surface area contributed by atoms with E-state index in [4.69, 9.17) is 25.8 Å². The fourth-order valence-electron chi connectivity index (χ4n) is 10.6. The number of alkyl halides is 1. The smallest absolute Gasteiger partial charge is 0.183 e. The first-order valence-corrected chi connectivity index (χ1v) is 17.8. The third-order valence-electron chi connectivity index (χ3n) is 13.0. The molecule has 0 aromatic heterocycles. The predicted molar refractivity (Wildman–Crippen MR) is 166 cm³/mol. The van der Waals surface area contributed by atoms with Gasteiger partial charge in [-0.25, -0.2) is 0 Å². The second-order valence-electron chi connectivity index (χ2n) is 15.8. The van der Waals surface area contributed by atoms with Crippen molar-refractivity contribution in [1.29, 1.82) is 0 Å². The van der Waals surface area contributed by atoms with Crippen LogP contribution in [0.15, 0.2) is 0 Å². The zero-order valence-corrected chi connectivity index (χ0v) is 27.7. The molecule has 6 rings (SSSR count). The van der Waals surface area contributed by atoms with Crippen molar-refractivity contribution in [2.75, 3.05) is 32.8 Å². The Kier molecular flexibility index (Phi) is 9.12. The molecule has 3 N–H and O–H groups in total. The Morgan fingerprint density at radius 2 is 1.86 bits per heavy atom. The number of nitrogens with zero attached hydrogens (tertiary/aromatic N) is 1. The number of rotatable bonds is 10. The Hall–Kier alpha value is 0.01000. The third kappa shape index (κ3) is 5.32. The van der Waals surface area contributed by atoms with Crippen molar-refractivity contribution in [3.05, 3.63) is 0 Å². The van der Waals surface area contributed by atoms with Crippen molar-refractivity contribution in [1.82, 2.24) is 10.2 Å². The second kappa shape index (κ2) is 12.0. The van der Waals surface area contributed by atoms with Crippen LogP contribution in [0, 0.1) is 29.1 Å². The average molecular weight is 611 g/mol. The summed E-state index contributed by atoms with van der Waals surface area (Å²) in [5, 5.41) is 26.7. The normalized spacial score (nSPS) is 47.3. The van der Waals surface area contributed by atoms with Crippen LogP contribution in [0.2, 0.25) is 0 Å². The van der Waals surface area contributed by atoms with Gasteiger partial charge in [-0.2, -0.15) is 0 Å². The molecule has 6 aliphatic rings. The van der Waals surface area contributed by atoms with Crippen LogP contribution in [0.4, 0.5) is 0 Å². The van der Waals surface area contributed by atoms with E-state index in [-0.39, 0.29) is 22.4 Å². The van der Waals surface area contributed by atoms with E-state index in [1.165, 1.54) is 25.7 Å². The van der Waals surface area contributed by atoms with E-state index in [0.29, 0.717) is 42.4 Å². The molecule has 3 saturated heterocycles. The summed E-state index contributed by atoms with van der Waals surface area (Å²) >= 11 is 6.43. The van der Waals surface area contributed by atoms with E-state index < -0.39 is 17.5 Å². The second-order valence-corrected chi connectivity index (χ2v) is 16.4. The highest BCUT2D eigenvalue weighted by Gasteiger charge is 2.92. The summed E-state index contributed by atoms with van der Waals surface area (Å²) < 4.78 is 18.7. The molecule has 0 bridgehead atoms. The van der Waals surface area contributed by atoms with Crippen molar-refractivity contribution in [3.8, 4) is 0 Å². The topological polar surface area (TPSA) is 83.2 Å². The molecular formula is C34H59ClN2O5. The van der Waals surface area contributed by atoms with Gasteiger partial charge in [-0.1, -0.05) is 13.8 Å². The Bertz CT molecular complexity index is 943. The first kappa shape index (κ1) is 32.0. The number of aliphatic hydroxyl groups is 2. The van der Waals surface area contributed by atoms with Crippen LogP contribution < -0.4 is 5.32 Å². The van der Waals surface area contributed by atoms with Gasteiger partial charge in [0.2, 0.25) is 0 Å². The zero-order valence-electron chi connectivity index (χ0n) is 27.0. The van der Waals surface area contributed by atoms with Gasteiger partial charge in [0.25, 0.3) is 0 Å². The molecule has 3 aliphatic carbocycles. The number of hydrogen-bond donors (Lipinski definition) is 3. The highest BCUT2D eigenvalue weighted by atomic mass is 35.5. The standard InChI is InChI=1S/C34H59ClN2O5/c1-6-40-30(38)31(2,3)42-24-15-16-29-27(19-24)25(26-9-7-17-36-28(26)20-41-29)10-8-18-37-21-33(37)32(4,5)34(33,39)22-11-13-23(35)14-12-22/h22-30,36,38-39H,6-21H2,1-5H3/t22?,23?,24-,25?,26?,27?,28?,29?,30?,33?,34?,37?/m0/s1. The van der Waals surface area contributed by atoms with Crippen LogP contribution in [0.3, 0.4) is 0 Å². The van der Waals surface area contributed by atoms with Crippen LogP contribution in [0.5, 0.6) is 0 Å². The van der Waals surface area contributed by atoms with Crippen LogP contribution in [0.1, 0.15) is 105 Å². The number of hydrogen-bond acceptors (Lipinski definition) is 7. The van der Waals surface area contributed by atoms with Crippen molar-refractivity contribution in [3.63, 3.8) is 0 Å². The minimum atomic E-state index is -0.927. The highest BCUT2D eigenvalue weighted by molar-refractivity contribution is 6.20. The molecule has 9 unspecified atom stereocenters. The molecule has 242 valence electrons. The summed E-state index contributed by atoms with van der Waals surface area (Å²) in [6.07, 6.45) is 11.5. The summed E-state index contributed by atoms with van der Waals surface area (Å²) in [5.74, 6) is 2.09. The van der Waals surface area contributed by atoms with Crippen molar-refractivity contribution < 1.29 is 24.4 Å². The Morgan fingerprint density at radius 1 is 1.10 bits per heavy atom. The van der Waals surface area contributed by atoms with E-state index >= 15 is 0 Å². The van der Waals surface area contributed by atoms with Gasteiger partial charge in [-0.3, -0.25) is 4.90 Å². The largest absolute Gasteiger partial charge is 0.387 e. The van der Waals surface area contributed by atoms with E-state index in [9.17, 15) is 10.2 Å². The van der Waals surface area contributed by atoms with Crippen LogP contribution in [0.25, 0.3) is 0 Å². The fraction of sp³-hybridized carbons (Fsp3) is 1.00. The van der Waals surface area contributed by atoms with Crippen molar-refractivity contribution in [2.24, 2.45) is 29.1 Å². The SMILES string of the molecule is CCOC(O)C(C)(C)O[C@H]1CCC2OCC3NCCCC3C(CCCN3CC34C(C)(C)C4(O)C3CCC(Cl)CC3)C2C1. The van der Waals surface area contributed by atoms with Crippen LogP contribution in [-0.2, 0) is 14.2 Å². The maximum absolute atomic E-state index is 12.1. The highest BCUT2D eigenvalue weighted by Crippen LogP contribution is 2.78. The molecule has 6 fully saturated rings. The van der Waals surface area contributed by atoms with Gasteiger partial charge in [0.15, 0.2) is 6.29 Å². The molecule has 3 aliphatic heterocycles. The molecule has 0 aromatic rings. The maximum atomic E-state index is 12.1. The molecule has 42 heavy (non-hydrogen) atoms. The first-order valence-electron chi connectivity index (χ1n) is 17.4. The number of ether oxygens (including phenoxy) is 3. The van der Waals surface area contributed by atoms with E-state index in [0.717, 1.165) is 71.2 Å². The lowest BCUT2D eigenvalue weighted by Crippen LogP contribution is -2.48. The van der Waals surface area contributed by atoms with Crippen molar-refractivity contribution in [2.45, 2.75) is 152 Å². The molecule has 0 amide bonds. The van der Waals surface area contributed by atoms with E-state index in [2.05, 4.69) is 24.1 Å². The monoisotopic (exact) mass is 610 g/mol. The molecule has 0 aromatic carbocycles. The van der Waals surface area contributed by atoms with Gasteiger partial charge in [0, 0.05) is 30.0 Å². The minimum Gasteiger partial charge on any atom is -0.387 e. The van der Waals surface area contributed by atoms with E-state index in [1.54, 1.807) is 0 Å². The predicted octanol–water partition coefficient (Wildman–Crippen LogP) is 5.09. The Labute approximate surface area is 259 Å². The van der Waals surface area contributed by atoms with Gasteiger partial charge in [-0.05, 0) is 128 Å². The summed E-state index contributed by atoms with van der Waals surface area (Å²) in [4.78, 5) is 2.62. The molecule has 0 radical (unpaired) electrons. The van der Waals surface area contributed by atoms with Crippen LogP contribution in [-0.4, -0.2) is 94.6 Å².